The summed E-state index contributed by atoms with van der Waals surface area (Å²) < 4.78 is 0. The summed E-state index contributed by atoms with van der Waals surface area (Å²) in [7, 11) is 0. The Morgan fingerprint density at radius 2 is 1.00 bits per heavy atom. The molecule has 0 aromatic heterocycles. The van der Waals surface area contributed by atoms with Crippen LogP contribution in [0.15, 0.2) is 48.5 Å². The van der Waals surface area contributed by atoms with E-state index in [1.807, 2.05) is 24.3 Å². The van der Waals surface area contributed by atoms with Gasteiger partial charge in [-0.1, -0.05) is 62.4 Å². The number of carbonyl (C=O) groups excluding carboxylic acids is 2. The van der Waals surface area contributed by atoms with Gasteiger partial charge in [-0.05, 0) is 22.3 Å². The summed E-state index contributed by atoms with van der Waals surface area (Å²) in [5, 5.41) is 2.60. The lowest BCUT2D eigenvalue weighted by Gasteiger charge is -2.57. The van der Waals surface area contributed by atoms with Crippen LogP contribution < -0.4 is 5.32 Å². The zero-order valence-electron chi connectivity index (χ0n) is 13.1. The number of nitrogens with one attached hydrogen (secondary N) is 1. The van der Waals surface area contributed by atoms with Crippen molar-refractivity contribution in [2.45, 2.75) is 24.7 Å². The molecule has 2 amide bonds. The summed E-state index contributed by atoms with van der Waals surface area (Å²) >= 11 is 0. The highest BCUT2D eigenvalue weighted by Crippen LogP contribution is 2.65. The van der Waals surface area contributed by atoms with Crippen LogP contribution in [0.1, 0.15) is 36.1 Å². The summed E-state index contributed by atoms with van der Waals surface area (Å²) in [6.45, 7) is 4.25. The highest BCUT2D eigenvalue weighted by atomic mass is 16.2. The van der Waals surface area contributed by atoms with Gasteiger partial charge in [-0.3, -0.25) is 14.9 Å². The van der Waals surface area contributed by atoms with E-state index in [0.29, 0.717) is 0 Å². The van der Waals surface area contributed by atoms with E-state index < -0.39 is 10.8 Å². The van der Waals surface area contributed by atoms with Crippen molar-refractivity contribution in [2.24, 2.45) is 11.8 Å². The highest BCUT2D eigenvalue weighted by Gasteiger charge is 2.68. The van der Waals surface area contributed by atoms with Crippen LogP contribution in [0.4, 0.5) is 0 Å². The number of hydrogen-bond donors (Lipinski definition) is 1. The fourth-order valence-electron chi connectivity index (χ4n) is 5.51. The van der Waals surface area contributed by atoms with E-state index in [1.54, 1.807) is 0 Å². The molecule has 1 saturated heterocycles. The highest BCUT2D eigenvalue weighted by molar-refractivity contribution is 6.08. The van der Waals surface area contributed by atoms with Gasteiger partial charge in [0.05, 0.1) is 11.8 Å². The third-order valence-corrected chi connectivity index (χ3v) is 6.48. The maximum absolute atomic E-state index is 12.6. The summed E-state index contributed by atoms with van der Waals surface area (Å²) in [6.07, 6.45) is 0. The SMILES string of the molecule is CC12c3ccccc3C(C)(c3ccccc31)[C@@H]1C(=O)NC(=O)[C@H]12. The van der Waals surface area contributed by atoms with E-state index in [9.17, 15) is 9.59 Å². The topological polar surface area (TPSA) is 46.2 Å². The molecule has 2 bridgehead atoms. The average Bonchev–Trinajstić information content (AvgIpc) is 2.88. The maximum atomic E-state index is 12.6. The summed E-state index contributed by atoms with van der Waals surface area (Å²) in [6, 6.07) is 16.6. The second-order valence-corrected chi connectivity index (χ2v) is 7.30. The van der Waals surface area contributed by atoms with Crippen LogP contribution in [0.3, 0.4) is 0 Å². The van der Waals surface area contributed by atoms with Gasteiger partial charge in [0.25, 0.3) is 0 Å². The lowest BCUT2D eigenvalue weighted by atomic mass is 9.42. The van der Waals surface area contributed by atoms with E-state index in [0.717, 1.165) is 0 Å². The van der Waals surface area contributed by atoms with Gasteiger partial charge >= 0.3 is 0 Å². The Kier molecular flexibility index (Phi) is 2.12. The first kappa shape index (κ1) is 13.1. The van der Waals surface area contributed by atoms with Gasteiger partial charge in [0, 0.05) is 10.8 Å². The molecule has 0 radical (unpaired) electrons. The number of carbonyl (C=O) groups is 2. The minimum atomic E-state index is -0.453. The van der Waals surface area contributed by atoms with Crippen molar-refractivity contribution in [1.29, 1.82) is 0 Å². The van der Waals surface area contributed by atoms with Crippen molar-refractivity contribution in [3.63, 3.8) is 0 Å². The van der Waals surface area contributed by atoms with Crippen molar-refractivity contribution >= 4 is 11.8 Å². The smallest absolute Gasteiger partial charge is 0.231 e. The molecule has 1 fully saturated rings. The molecule has 0 saturated carbocycles. The Morgan fingerprint density at radius 1 is 0.696 bits per heavy atom. The Hall–Kier alpha value is -2.42. The Balaban J connectivity index is 1.99. The maximum Gasteiger partial charge on any atom is 0.231 e. The Morgan fingerprint density at radius 3 is 1.30 bits per heavy atom. The first-order valence-corrected chi connectivity index (χ1v) is 8.05. The van der Waals surface area contributed by atoms with E-state index in [2.05, 4.69) is 43.4 Å². The van der Waals surface area contributed by atoms with Crippen molar-refractivity contribution in [3.05, 3.63) is 70.8 Å². The standard InChI is InChI=1S/C20H17NO2/c1-19-11-7-3-5-9-13(11)20(2,14-10-6-4-8-12(14)19)16-15(19)17(22)21-18(16)23/h3-10,15-16H,1-2H3,(H,21,22,23)/t15-,16-,19?,20?/m0/s1. The quantitative estimate of drug-likeness (QED) is 0.760. The van der Waals surface area contributed by atoms with Crippen LogP contribution in [-0.4, -0.2) is 11.8 Å². The second kappa shape index (κ2) is 3.73. The molecule has 2 atom stereocenters. The van der Waals surface area contributed by atoms with E-state index >= 15 is 0 Å². The monoisotopic (exact) mass is 303 g/mol. The van der Waals surface area contributed by atoms with Crippen molar-refractivity contribution in [2.75, 3.05) is 0 Å². The molecule has 1 heterocycles. The lowest BCUT2D eigenvalue weighted by molar-refractivity contribution is -0.126. The van der Waals surface area contributed by atoms with Crippen LogP contribution in [0.25, 0.3) is 0 Å². The predicted molar refractivity (Wildman–Crippen MR) is 85.9 cm³/mol. The molecule has 2 aromatic rings. The average molecular weight is 303 g/mol. The van der Waals surface area contributed by atoms with Gasteiger partial charge < -0.3 is 0 Å². The zero-order valence-corrected chi connectivity index (χ0v) is 13.1. The molecule has 0 spiro atoms. The molecule has 0 unspecified atom stereocenters. The van der Waals surface area contributed by atoms with Crippen LogP contribution >= 0.6 is 0 Å². The van der Waals surface area contributed by atoms with Gasteiger partial charge in [-0.15, -0.1) is 0 Å². The van der Waals surface area contributed by atoms with Gasteiger partial charge in [-0.25, -0.2) is 0 Å². The minimum Gasteiger partial charge on any atom is -0.296 e. The number of benzene rings is 2. The van der Waals surface area contributed by atoms with Gasteiger partial charge in [0.1, 0.15) is 0 Å². The van der Waals surface area contributed by atoms with E-state index in [1.165, 1.54) is 22.3 Å². The first-order chi connectivity index (χ1) is 11.0. The molecule has 3 nitrogen and oxygen atoms in total. The summed E-state index contributed by atoms with van der Waals surface area (Å²) in [5.74, 6) is -0.912. The normalized spacial score (nSPS) is 36.3. The number of amides is 2. The molecule has 114 valence electrons. The van der Waals surface area contributed by atoms with Crippen LogP contribution in [-0.2, 0) is 20.4 Å². The molecule has 23 heavy (non-hydrogen) atoms. The molecule has 1 aliphatic heterocycles. The molecule has 1 N–H and O–H groups in total. The van der Waals surface area contributed by atoms with Gasteiger partial charge in [-0.2, -0.15) is 0 Å². The van der Waals surface area contributed by atoms with Gasteiger partial charge in [0.15, 0.2) is 0 Å². The van der Waals surface area contributed by atoms with Gasteiger partial charge in [0.2, 0.25) is 11.8 Å². The number of imide groups is 1. The first-order valence-electron chi connectivity index (χ1n) is 8.05. The molecule has 4 aliphatic rings. The largest absolute Gasteiger partial charge is 0.296 e. The molecular formula is C20H17NO2. The number of hydrogen-bond acceptors (Lipinski definition) is 2. The van der Waals surface area contributed by atoms with Crippen LogP contribution in [0.2, 0.25) is 0 Å². The fraction of sp³-hybridized carbons (Fsp3) is 0.300. The predicted octanol–water partition coefficient (Wildman–Crippen LogP) is 2.51. The molecule has 3 heteroatoms. The lowest BCUT2D eigenvalue weighted by Crippen LogP contribution is -2.59. The summed E-state index contributed by atoms with van der Waals surface area (Å²) in [4.78, 5) is 25.3. The van der Waals surface area contributed by atoms with Crippen LogP contribution in [0.5, 0.6) is 0 Å². The van der Waals surface area contributed by atoms with Crippen molar-refractivity contribution in [1.82, 2.24) is 5.32 Å². The second-order valence-electron chi connectivity index (χ2n) is 7.30. The molecule has 3 aliphatic carbocycles. The zero-order chi connectivity index (χ0) is 16.0. The van der Waals surface area contributed by atoms with E-state index in [-0.39, 0.29) is 23.7 Å². The molecule has 2 aromatic carbocycles. The summed E-state index contributed by atoms with van der Waals surface area (Å²) in [5.41, 5.74) is 3.84. The van der Waals surface area contributed by atoms with Crippen LogP contribution in [0, 0.1) is 11.8 Å². The minimum absolute atomic E-state index is 0.127. The fourth-order valence-corrected chi connectivity index (χ4v) is 5.51. The van der Waals surface area contributed by atoms with E-state index in [4.69, 9.17) is 0 Å². The number of rotatable bonds is 0. The molecule has 6 rings (SSSR count). The van der Waals surface area contributed by atoms with Crippen molar-refractivity contribution < 1.29 is 9.59 Å². The Bertz CT molecular complexity index is 779. The third-order valence-electron chi connectivity index (χ3n) is 6.48. The molecular weight excluding hydrogens is 286 g/mol. The Labute approximate surface area is 134 Å². The van der Waals surface area contributed by atoms with Crippen molar-refractivity contribution in [3.8, 4) is 0 Å². The third kappa shape index (κ3) is 1.18.